The van der Waals surface area contributed by atoms with Crippen LogP contribution >= 0.6 is 0 Å². The van der Waals surface area contributed by atoms with E-state index in [2.05, 4.69) is 32.9 Å². The van der Waals surface area contributed by atoms with Gasteiger partial charge in [0.1, 0.15) is 13.2 Å². The molecule has 0 aliphatic heterocycles. The van der Waals surface area contributed by atoms with Crippen LogP contribution in [0.5, 0.6) is 0 Å². The largest absolute Gasteiger partial charge is 0.462 e. The molecule has 0 aliphatic rings. The average molecular weight is 749 g/mol. The normalized spacial score (nSPS) is 12.0. The summed E-state index contributed by atoms with van der Waals surface area (Å²) in [6.07, 6.45) is 44.7. The van der Waals surface area contributed by atoms with Gasteiger partial charge in [-0.2, -0.15) is 0 Å². The molecule has 6 heteroatoms. The predicted molar refractivity (Wildman–Crippen MR) is 224 cm³/mol. The van der Waals surface area contributed by atoms with E-state index in [0.29, 0.717) is 19.3 Å². The number of rotatable bonds is 42. The van der Waals surface area contributed by atoms with Crippen LogP contribution in [0.4, 0.5) is 0 Å². The van der Waals surface area contributed by atoms with Crippen molar-refractivity contribution in [1.82, 2.24) is 0 Å². The molecule has 0 spiro atoms. The van der Waals surface area contributed by atoms with Gasteiger partial charge >= 0.3 is 17.9 Å². The molecule has 312 valence electrons. The molecule has 53 heavy (non-hydrogen) atoms. The first kappa shape index (κ1) is 51.1. The first-order valence-electron chi connectivity index (χ1n) is 23.2. The van der Waals surface area contributed by atoms with Crippen LogP contribution in [0.1, 0.15) is 252 Å². The highest BCUT2D eigenvalue weighted by Crippen LogP contribution is 2.15. The van der Waals surface area contributed by atoms with Crippen molar-refractivity contribution < 1.29 is 28.6 Å². The molecule has 0 saturated carbocycles. The van der Waals surface area contributed by atoms with Gasteiger partial charge in [-0.1, -0.05) is 200 Å². The summed E-state index contributed by atoms with van der Waals surface area (Å²) < 4.78 is 16.7. The van der Waals surface area contributed by atoms with Crippen molar-refractivity contribution in [2.24, 2.45) is 0 Å². The fourth-order valence-electron chi connectivity index (χ4n) is 6.73. The molecule has 6 nitrogen and oxygen atoms in total. The minimum absolute atomic E-state index is 0.0684. The van der Waals surface area contributed by atoms with Crippen LogP contribution in [0.15, 0.2) is 12.2 Å². The lowest BCUT2D eigenvalue weighted by molar-refractivity contribution is -0.167. The Morgan fingerprint density at radius 2 is 0.623 bits per heavy atom. The van der Waals surface area contributed by atoms with E-state index in [1.165, 1.54) is 148 Å². The highest BCUT2D eigenvalue weighted by molar-refractivity contribution is 5.71. The fraction of sp³-hybridized carbons (Fsp3) is 0.894. The van der Waals surface area contributed by atoms with Gasteiger partial charge in [0.05, 0.1) is 0 Å². The molecule has 0 aliphatic carbocycles. The molecule has 1 unspecified atom stereocenters. The second kappa shape index (κ2) is 42.9. The van der Waals surface area contributed by atoms with Crippen molar-refractivity contribution in [2.75, 3.05) is 13.2 Å². The lowest BCUT2D eigenvalue weighted by atomic mass is 10.0. The maximum atomic E-state index is 12.7. The molecular formula is C47H88O6. The van der Waals surface area contributed by atoms with E-state index in [-0.39, 0.29) is 31.1 Å². The zero-order valence-corrected chi connectivity index (χ0v) is 35.6. The Bertz CT molecular complexity index is 824. The molecule has 0 saturated heterocycles. The Labute approximate surface area is 329 Å². The Hall–Kier alpha value is -1.85. The van der Waals surface area contributed by atoms with Gasteiger partial charge < -0.3 is 14.2 Å². The quantitative estimate of drug-likeness (QED) is 0.0268. The van der Waals surface area contributed by atoms with E-state index < -0.39 is 6.10 Å². The Kier molecular flexibility index (Phi) is 41.4. The van der Waals surface area contributed by atoms with Crippen LogP contribution in [0.3, 0.4) is 0 Å². The van der Waals surface area contributed by atoms with Gasteiger partial charge in [-0.15, -0.1) is 0 Å². The SMILES string of the molecule is CCCCCC/C=C\CCCCCCCC(=O)OCC(COC(=O)CCCCCCCCCCC)OC(=O)CCCCCCCCCCCCCCC. The van der Waals surface area contributed by atoms with Crippen molar-refractivity contribution in [3.05, 3.63) is 12.2 Å². The first-order chi connectivity index (χ1) is 26.0. The summed E-state index contributed by atoms with van der Waals surface area (Å²) in [7, 11) is 0. The molecule has 0 rings (SSSR count). The van der Waals surface area contributed by atoms with Crippen LogP contribution in [0, 0.1) is 0 Å². The summed E-state index contributed by atoms with van der Waals surface area (Å²) in [4.78, 5) is 37.7. The number of allylic oxidation sites excluding steroid dienone is 2. The van der Waals surface area contributed by atoms with Crippen molar-refractivity contribution >= 4 is 17.9 Å². The maximum Gasteiger partial charge on any atom is 0.306 e. The smallest absolute Gasteiger partial charge is 0.306 e. The summed E-state index contributed by atoms with van der Waals surface area (Å²) in [5.74, 6) is -0.871. The number of ether oxygens (including phenoxy) is 3. The number of hydrogen-bond donors (Lipinski definition) is 0. The second-order valence-corrected chi connectivity index (χ2v) is 15.7. The Morgan fingerprint density at radius 3 is 0.962 bits per heavy atom. The molecule has 0 heterocycles. The highest BCUT2D eigenvalue weighted by Gasteiger charge is 2.19. The van der Waals surface area contributed by atoms with Gasteiger partial charge in [0, 0.05) is 19.3 Å². The summed E-state index contributed by atoms with van der Waals surface area (Å²) >= 11 is 0. The zero-order valence-electron chi connectivity index (χ0n) is 35.6. The number of unbranched alkanes of at least 4 members (excludes halogenated alkanes) is 29. The second-order valence-electron chi connectivity index (χ2n) is 15.7. The summed E-state index contributed by atoms with van der Waals surface area (Å²) in [6, 6.07) is 0. The molecule has 0 fully saturated rings. The van der Waals surface area contributed by atoms with E-state index in [1.807, 2.05) is 0 Å². The minimum Gasteiger partial charge on any atom is -0.462 e. The Morgan fingerprint density at radius 1 is 0.358 bits per heavy atom. The topological polar surface area (TPSA) is 78.9 Å². The number of carbonyl (C=O) groups excluding carboxylic acids is 3. The van der Waals surface area contributed by atoms with Crippen molar-refractivity contribution in [2.45, 2.75) is 258 Å². The third kappa shape index (κ3) is 41.2. The third-order valence-corrected chi connectivity index (χ3v) is 10.3. The number of hydrogen-bond acceptors (Lipinski definition) is 6. The molecule has 0 amide bonds. The number of esters is 3. The summed E-state index contributed by atoms with van der Waals surface area (Å²) in [5.41, 5.74) is 0. The van der Waals surface area contributed by atoms with Gasteiger partial charge in [0.25, 0.3) is 0 Å². The van der Waals surface area contributed by atoms with E-state index in [9.17, 15) is 14.4 Å². The van der Waals surface area contributed by atoms with Crippen molar-refractivity contribution in [3.8, 4) is 0 Å². The van der Waals surface area contributed by atoms with E-state index in [0.717, 1.165) is 64.2 Å². The average Bonchev–Trinajstić information content (AvgIpc) is 3.15. The molecule has 0 aromatic rings. The first-order valence-corrected chi connectivity index (χ1v) is 23.2. The van der Waals surface area contributed by atoms with Gasteiger partial charge in [0.2, 0.25) is 0 Å². The minimum atomic E-state index is -0.764. The van der Waals surface area contributed by atoms with E-state index in [4.69, 9.17) is 14.2 Å². The van der Waals surface area contributed by atoms with E-state index >= 15 is 0 Å². The predicted octanol–water partition coefficient (Wildman–Crippen LogP) is 14.6. The Balaban J connectivity index is 4.33. The fourth-order valence-corrected chi connectivity index (χ4v) is 6.73. The van der Waals surface area contributed by atoms with Gasteiger partial charge in [-0.05, 0) is 44.9 Å². The summed E-state index contributed by atoms with van der Waals surface area (Å²) in [5, 5.41) is 0. The molecule has 0 N–H and O–H groups in total. The molecule has 0 bridgehead atoms. The molecule has 1 atom stereocenters. The lowest BCUT2D eigenvalue weighted by Crippen LogP contribution is -2.30. The van der Waals surface area contributed by atoms with Crippen LogP contribution in [-0.4, -0.2) is 37.2 Å². The summed E-state index contributed by atoms with van der Waals surface area (Å²) in [6.45, 7) is 6.61. The standard InChI is InChI=1S/C47H88O6/c1-4-7-10-13-16-19-21-23-25-28-31-34-37-40-46(49)52-43-44(42-51-45(48)39-36-33-30-27-18-15-12-9-6-3)53-47(50)41-38-35-32-29-26-24-22-20-17-14-11-8-5-2/h19,21,44H,4-18,20,22-43H2,1-3H3/b21-19-. The van der Waals surface area contributed by atoms with Gasteiger partial charge in [-0.25, -0.2) is 0 Å². The van der Waals surface area contributed by atoms with E-state index in [1.54, 1.807) is 0 Å². The van der Waals surface area contributed by atoms with Crippen LogP contribution in [0.25, 0.3) is 0 Å². The van der Waals surface area contributed by atoms with Crippen molar-refractivity contribution in [1.29, 1.82) is 0 Å². The van der Waals surface area contributed by atoms with Crippen LogP contribution < -0.4 is 0 Å². The molecule has 0 radical (unpaired) electrons. The monoisotopic (exact) mass is 749 g/mol. The lowest BCUT2D eigenvalue weighted by Gasteiger charge is -2.18. The van der Waals surface area contributed by atoms with Crippen LogP contribution in [-0.2, 0) is 28.6 Å². The maximum absolute atomic E-state index is 12.7. The zero-order chi connectivity index (χ0) is 38.7. The molecule has 0 aromatic carbocycles. The molecular weight excluding hydrogens is 661 g/mol. The van der Waals surface area contributed by atoms with Crippen molar-refractivity contribution in [3.63, 3.8) is 0 Å². The third-order valence-electron chi connectivity index (χ3n) is 10.3. The van der Waals surface area contributed by atoms with Gasteiger partial charge in [0.15, 0.2) is 6.10 Å². The highest BCUT2D eigenvalue weighted by atomic mass is 16.6. The molecule has 0 aromatic heterocycles. The number of carbonyl (C=O) groups is 3. The van der Waals surface area contributed by atoms with Gasteiger partial charge in [-0.3, -0.25) is 14.4 Å². The van der Waals surface area contributed by atoms with Crippen LogP contribution in [0.2, 0.25) is 0 Å².